The molecule has 1 fully saturated rings. The van der Waals surface area contributed by atoms with Gasteiger partial charge >= 0.3 is 0 Å². The third-order valence-corrected chi connectivity index (χ3v) is 7.14. The van der Waals surface area contributed by atoms with Gasteiger partial charge in [0, 0.05) is 17.0 Å². The highest BCUT2D eigenvalue weighted by atomic mass is 32.1. The summed E-state index contributed by atoms with van der Waals surface area (Å²) >= 11 is 1.60. The molecule has 1 saturated carbocycles. The van der Waals surface area contributed by atoms with Gasteiger partial charge in [0.25, 0.3) is 0 Å². The van der Waals surface area contributed by atoms with Gasteiger partial charge in [-0.3, -0.25) is 4.79 Å². The van der Waals surface area contributed by atoms with Crippen molar-refractivity contribution in [1.82, 2.24) is 9.88 Å². The van der Waals surface area contributed by atoms with Gasteiger partial charge < -0.3 is 9.64 Å². The number of aromatic nitrogens is 1. The Balaban J connectivity index is 1.32. The van der Waals surface area contributed by atoms with Crippen LogP contribution in [0.1, 0.15) is 55.5 Å². The second kappa shape index (κ2) is 8.83. The van der Waals surface area contributed by atoms with Gasteiger partial charge in [0.1, 0.15) is 10.8 Å². The molecular formula is C26H28N2O2S. The van der Waals surface area contributed by atoms with Crippen LogP contribution in [0.5, 0.6) is 5.75 Å². The number of hydrogen-bond acceptors (Lipinski definition) is 4. The number of amides is 1. The standard InChI is InChI=1S/C26H28N2O2S/c1-2-30-22-14-10-19(11-15-22)26-27-20(17-31-26)16-25(29)28(21-12-13-21)24-9-5-7-18-6-3-4-8-23(18)24/h3-4,6,8,10-11,14-15,17,21,24H,2,5,7,9,12-13,16H2,1H3. The molecule has 0 aliphatic heterocycles. The fourth-order valence-corrected chi connectivity index (χ4v) is 5.46. The molecule has 5 heteroatoms. The Labute approximate surface area is 187 Å². The summed E-state index contributed by atoms with van der Waals surface area (Å²) in [6, 6.07) is 17.3. The summed E-state index contributed by atoms with van der Waals surface area (Å²) in [6.45, 7) is 2.64. The van der Waals surface area contributed by atoms with E-state index in [2.05, 4.69) is 29.2 Å². The van der Waals surface area contributed by atoms with Gasteiger partial charge in [-0.1, -0.05) is 24.3 Å². The molecular weight excluding hydrogens is 404 g/mol. The topological polar surface area (TPSA) is 42.4 Å². The van der Waals surface area contributed by atoms with Crippen molar-refractivity contribution in [2.75, 3.05) is 6.61 Å². The Bertz CT molecular complexity index is 1060. The summed E-state index contributed by atoms with van der Waals surface area (Å²) in [5, 5.41) is 2.98. The van der Waals surface area contributed by atoms with Crippen molar-refractivity contribution in [2.45, 2.75) is 57.5 Å². The molecule has 0 N–H and O–H groups in total. The van der Waals surface area contributed by atoms with Crippen LogP contribution in [0, 0.1) is 0 Å². The molecule has 1 amide bonds. The highest BCUT2D eigenvalue weighted by Gasteiger charge is 2.39. The Hall–Kier alpha value is -2.66. The zero-order valence-electron chi connectivity index (χ0n) is 17.9. The molecule has 2 aliphatic carbocycles. The lowest BCUT2D eigenvalue weighted by molar-refractivity contribution is -0.134. The first-order valence-electron chi connectivity index (χ1n) is 11.3. The summed E-state index contributed by atoms with van der Waals surface area (Å²) in [7, 11) is 0. The summed E-state index contributed by atoms with van der Waals surface area (Å²) < 4.78 is 5.52. The minimum absolute atomic E-state index is 0.216. The normalized spacial score (nSPS) is 17.8. The first kappa shape index (κ1) is 20.3. The van der Waals surface area contributed by atoms with E-state index in [0.29, 0.717) is 19.1 Å². The van der Waals surface area contributed by atoms with Crippen molar-refractivity contribution >= 4 is 17.2 Å². The lowest BCUT2D eigenvalue weighted by atomic mass is 9.86. The summed E-state index contributed by atoms with van der Waals surface area (Å²) in [6.07, 6.45) is 5.96. The lowest BCUT2D eigenvalue weighted by Gasteiger charge is -2.36. The van der Waals surface area contributed by atoms with Crippen LogP contribution in [0.25, 0.3) is 10.6 Å². The number of aryl methyl sites for hydroxylation is 1. The van der Waals surface area contributed by atoms with E-state index >= 15 is 0 Å². The predicted octanol–water partition coefficient (Wildman–Crippen LogP) is 5.82. The van der Waals surface area contributed by atoms with E-state index in [4.69, 9.17) is 9.72 Å². The Morgan fingerprint density at radius 2 is 1.94 bits per heavy atom. The van der Waals surface area contributed by atoms with Crippen molar-refractivity contribution < 1.29 is 9.53 Å². The van der Waals surface area contributed by atoms with Crippen LogP contribution < -0.4 is 4.74 Å². The molecule has 1 aromatic heterocycles. The summed E-state index contributed by atoms with van der Waals surface area (Å²) in [5.41, 5.74) is 4.69. The molecule has 1 atom stereocenters. The zero-order valence-corrected chi connectivity index (χ0v) is 18.7. The fourth-order valence-electron chi connectivity index (χ4n) is 4.63. The van der Waals surface area contributed by atoms with Gasteiger partial charge in [-0.25, -0.2) is 4.98 Å². The van der Waals surface area contributed by atoms with E-state index in [0.717, 1.165) is 54.1 Å². The quantitative estimate of drug-likeness (QED) is 0.472. The fraction of sp³-hybridized carbons (Fsp3) is 0.385. The van der Waals surface area contributed by atoms with Gasteiger partial charge in [-0.2, -0.15) is 0 Å². The number of thiazole rings is 1. The van der Waals surface area contributed by atoms with Crippen molar-refractivity contribution in [2.24, 2.45) is 0 Å². The summed E-state index contributed by atoms with van der Waals surface area (Å²) in [5.74, 6) is 1.08. The highest BCUT2D eigenvalue weighted by molar-refractivity contribution is 7.13. The van der Waals surface area contributed by atoms with E-state index in [9.17, 15) is 4.79 Å². The number of rotatable bonds is 7. The number of hydrogen-bond donors (Lipinski definition) is 0. The van der Waals surface area contributed by atoms with Crippen LogP contribution in [-0.2, 0) is 17.6 Å². The minimum Gasteiger partial charge on any atom is -0.494 e. The van der Waals surface area contributed by atoms with E-state index in [1.165, 1.54) is 11.1 Å². The second-order valence-corrected chi connectivity index (χ2v) is 9.28. The van der Waals surface area contributed by atoms with Crippen molar-refractivity contribution in [3.63, 3.8) is 0 Å². The monoisotopic (exact) mass is 432 g/mol. The molecule has 0 spiro atoms. The van der Waals surface area contributed by atoms with Crippen LogP contribution in [0.15, 0.2) is 53.9 Å². The third-order valence-electron chi connectivity index (χ3n) is 6.20. The van der Waals surface area contributed by atoms with Crippen LogP contribution >= 0.6 is 11.3 Å². The average Bonchev–Trinajstić information content (AvgIpc) is 3.52. The SMILES string of the molecule is CCOc1ccc(-c2nc(CC(=O)N(C3CC3)C3CCCc4ccccc43)cs2)cc1. The minimum atomic E-state index is 0.216. The molecule has 1 unspecified atom stereocenters. The second-order valence-electron chi connectivity index (χ2n) is 8.42. The van der Waals surface area contributed by atoms with Crippen LogP contribution in [0.4, 0.5) is 0 Å². The molecule has 4 nitrogen and oxygen atoms in total. The highest BCUT2D eigenvalue weighted by Crippen LogP contribution is 2.41. The van der Waals surface area contributed by atoms with E-state index in [1.807, 2.05) is 36.6 Å². The Morgan fingerprint density at radius 3 is 2.71 bits per heavy atom. The van der Waals surface area contributed by atoms with Gasteiger partial charge in [0.15, 0.2) is 0 Å². The van der Waals surface area contributed by atoms with E-state index in [1.54, 1.807) is 11.3 Å². The number of nitrogens with zero attached hydrogens (tertiary/aromatic N) is 2. The maximum absolute atomic E-state index is 13.4. The molecule has 1 heterocycles. The van der Waals surface area contributed by atoms with Crippen LogP contribution in [0.2, 0.25) is 0 Å². The van der Waals surface area contributed by atoms with Crippen molar-refractivity contribution in [1.29, 1.82) is 0 Å². The van der Waals surface area contributed by atoms with Crippen molar-refractivity contribution in [3.8, 4) is 16.3 Å². The Kier molecular flexibility index (Phi) is 5.77. The molecule has 0 saturated heterocycles. The first-order valence-corrected chi connectivity index (χ1v) is 12.2. The maximum Gasteiger partial charge on any atom is 0.229 e. The number of carbonyl (C=O) groups is 1. The van der Waals surface area contributed by atoms with Crippen molar-refractivity contribution in [3.05, 3.63) is 70.7 Å². The molecule has 160 valence electrons. The van der Waals surface area contributed by atoms with E-state index < -0.39 is 0 Å². The lowest BCUT2D eigenvalue weighted by Crippen LogP contribution is -2.39. The first-order chi connectivity index (χ1) is 15.2. The van der Waals surface area contributed by atoms with Crippen LogP contribution in [-0.4, -0.2) is 28.4 Å². The number of fused-ring (bicyclic) bond motifs is 1. The Morgan fingerprint density at radius 1 is 1.13 bits per heavy atom. The summed E-state index contributed by atoms with van der Waals surface area (Å²) in [4.78, 5) is 20.4. The maximum atomic E-state index is 13.4. The van der Waals surface area contributed by atoms with Gasteiger partial charge in [0.05, 0.1) is 24.8 Å². The molecule has 0 bridgehead atoms. The van der Waals surface area contributed by atoms with Gasteiger partial charge in [-0.05, 0) is 74.4 Å². The van der Waals surface area contributed by atoms with E-state index in [-0.39, 0.29) is 11.9 Å². The smallest absolute Gasteiger partial charge is 0.229 e. The average molecular weight is 433 g/mol. The largest absolute Gasteiger partial charge is 0.494 e. The van der Waals surface area contributed by atoms with Gasteiger partial charge in [0.2, 0.25) is 5.91 Å². The number of ether oxygens (including phenoxy) is 1. The molecule has 31 heavy (non-hydrogen) atoms. The number of benzene rings is 2. The number of carbonyl (C=O) groups excluding carboxylic acids is 1. The predicted molar refractivity (Wildman–Crippen MR) is 124 cm³/mol. The van der Waals surface area contributed by atoms with Crippen LogP contribution in [0.3, 0.4) is 0 Å². The zero-order chi connectivity index (χ0) is 21.2. The molecule has 2 aliphatic rings. The molecule has 2 aromatic carbocycles. The van der Waals surface area contributed by atoms with Gasteiger partial charge in [-0.15, -0.1) is 11.3 Å². The molecule has 3 aromatic rings. The molecule has 0 radical (unpaired) electrons. The molecule has 5 rings (SSSR count). The third kappa shape index (κ3) is 4.38.